The molecule has 1 aliphatic heterocycles. The predicted molar refractivity (Wildman–Crippen MR) is 86.4 cm³/mol. The van der Waals surface area contributed by atoms with E-state index < -0.39 is 0 Å². The van der Waals surface area contributed by atoms with Crippen LogP contribution in [0.3, 0.4) is 0 Å². The third kappa shape index (κ3) is 4.63. The van der Waals surface area contributed by atoms with Gasteiger partial charge < -0.3 is 24.6 Å². The van der Waals surface area contributed by atoms with Crippen LogP contribution in [0, 0.1) is 11.8 Å². The summed E-state index contributed by atoms with van der Waals surface area (Å²) in [6, 6.07) is 2.88. The summed E-state index contributed by atoms with van der Waals surface area (Å²) < 4.78 is 5.07. The highest BCUT2D eigenvalue weighted by atomic mass is 16.5. The molecule has 1 amide bonds. The van der Waals surface area contributed by atoms with Gasteiger partial charge in [0, 0.05) is 58.1 Å². The Morgan fingerprint density at radius 1 is 1.43 bits per heavy atom. The number of methoxy groups -OCH3 is 1. The van der Waals surface area contributed by atoms with Gasteiger partial charge in [-0.2, -0.15) is 0 Å². The first kappa shape index (κ1) is 17.7. The normalized spacial score (nSPS) is 21.1. The third-order valence-electron chi connectivity index (χ3n) is 4.35. The lowest BCUT2D eigenvalue weighted by atomic mass is 9.96. The number of likely N-dealkylation sites (tertiary alicyclic amines) is 1. The molecule has 1 aromatic rings. The minimum absolute atomic E-state index is 0.0676. The van der Waals surface area contributed by atoms with Crippen molar-refractivity contribution in [1.29, 1.82) is 0 Å². The van der Waals surface area contributed by atoms with Crippen molar-refractivity contribution in [3.05, 3.63) is 34.2 Å². The molecule has 0 bridgehead atoms. The fourth-order valence-corrected chi connectivity index (χ4v) is 2.98. The summed E-state index contributed by atoms with van der Waals surface area (Å²) >= 11 is 0. The van der Waals surface area contributed by atoms with Crippen molar-refractivity contribution in [1.82, 2.24) is 14.8 Å². The molecular formula is C16H25N3O4. The van der Waals surface area contributed by atoms with Crippen LogP contribution in [-0.2, 0) is 4.74 Å². The lowest BCUT2D eigenvalue weighted by Crippen LogP contribution is -2.33. The van der Waals surface area contributed by atoms with E-state index in [1.807, 2.05) is 7.05 Å². The zero-order valence-corrected chi connectivity index (χ0v) is 13.7. The number of ether oxygens (including phenoxy) is 1. The van der Waals surface area contributed by atoms with Crippen molar-refractivity contribution in [3.63, 3.8) is 0 Å². The van der Waals surface area contributed by atoms with E-state index in [1.54, 1.807) is 12.0 Å². The molecule has 23 heavy (non-hydrogen) atoms. The van der Waals surface area contributed by atoms with Gasteiger partial charge in [-0.05, 0) is 19.0 Å². The van der Waals surface area contributed by atoms with Gasteiger partial charge in [-0.1, -0.05) is 0 Å². The van der Waals surface area contributed by atoms with E-state index in [4.69, 9.17) is 4.74 Å². The Morgan fingerprint density at radius 2 is 2.17 bits per heavy atom. The molecule has 0 saturated carbocycles. The summed E-state index contributed by atoms with van der Waals surface area (Å²) in [6.07, 6.45) is 1.44. The minimum Gasteiger partial charge on any atom is -0.396 e. The van der Waals surface area contributed by atoms with E-state index in [0.717, 1.165) is 13.1 Å². The van der Waals surface area contributed by atoms with Crippen molar-refractivity contribution in [2.45, 2.75) is 0 Å². The Morgan fingerprint density at radius 3 is 2.78 bits per heavy atom. The van der Waals surface area contributed by atoms with Gasteiger partial charge in [0.2, 0.25) is 5.56 Å². The largest absolute Gasteiger partial charge is 0.396 e. The summed E-state index contributed by atoms with van der Waals surface area (Å²) in [6.45, 7) is 3.51. The number of nitrogens with zero attached hydrogens (tertiary/aromatic N) is 2. The Balaban J connectivity index is 1.98. The summed E-state index contributed by atoms with van der Waals surface area (Å²) in [7, 11) is 3.68. The van der Waals surface area contributed by atoms with Crippen molar-refractivity contribution in [2.75, 3.05) is 53.6 Å². The molecule has 2 heterocycles. The smallest absolute Gasteiger partial charge is 0.255 e. The highest BCUT2D eigenvalue weighted by Crippen LogP contribution is 2.25. The maximum atomic E-state index is 12.5. The van der Waals surface area contributed by atoms with E-state index in [0.29, 0.717) is 25.3 Å². The number of rotatable bonds is 7. The maximum Gasteiger partial charge on any atom is 0.255 e. The molecule has 1 fully saturated rings. The molecule has 0 spiro atoms. The maximum absolute atomic E-state index is 12.5. The second kappa shape index (κ2) is 8.24. The molecule has 2 atom stereocenters. The number of carbonyl (C=O) groups excluding carboxylic acids is 1. The van der Waals surface area contributed by atoms with E-state index in [9.17, 15) is 14.7 Å². The van der Waals surface area contributed by atoms with E-state index >= 15 is 0 Å². The van der Waals surface area contributed by atoms with Crippen LogP contribution < -0.4 is 5.56 Å². The average molecular weight is 323 g/mol. The number of H-pyrrole nitrogens is 1. The first-order valence-corrected chi connectivity index (χ1v) is 7.81. The highest BCUT2D eigenvalue weighted by molar-refractivity contribution is 5.94. The van der Waals surface area contributed by atoms with Gasteiger partial charge in [-0.25, -0.2) is 0 Å². The number of aliphatic hydroxyl groups is 1. The second-order valence-corrected chi connectivity index (χ2v) is 6.11. The van der Waals surface area contributed by atoms with Crippen LogP contribution in [0.5, 0.6) is 0 Å². The molecule has 2 N–H and O–H groups in total. The van der Waals surface area contributed by atoms with Gasteiger partial charge >= 0.3 is 0 Å². The number of nitrogens with one attached hydrogen (secondary N) is 1. The molecular weight excluding hydrogens is 298 g/mol. The Bertz CT molecular complexity index is 554. The molecule has 2 rings (SSSR count). The molecule has 7 nitrogen and oxygen atoms in total. The van der Waals surface area contributed by atoms with E-state index in [-0.39, 0.29) is 29.9 Å². The van der Waals surface area contributed by atoms with Crippen LogP contribution in [0.15, 0.2) is 23.1 Å². The molecule has 0 unspecified atom stereocenters. The van der Waals surface area contributed by atoms with Gasteiger partial charge in [-0.15, -0.1) is 0 Å². The molecule has 0 aromatic carbocycles. The molecule has 7 heteroatoms. The summed E-state index contributed by atoms with van der Waals surface area (Å²) in [4.78, 5) is 30.0. The number of hydrogen-bond donors (Lipinski definition) is 2. The number of aromatic amines is 1. The highest BCUT2D eigenvalue weighted by Gasteiger charge is 2.35. The fourth-order valence-electron chi connectivity index (χ4n) is 2.98. The van der Waals surface area contributed by atoms with Crippen LogP contribution in [-0.4, -0.2) is 79.3 Å². The monoisotopic (exact) mass is 323 g/mol. The molecule has 1 saturated heterocycles. The number of hydrogen-bond acceptors (Lipinski definition) is 5. The third-order valence-corrected chi connectivity index (χ3v) is 4.35. The number of aromatic nitrogens is 1. The zero-order chi connectivity index (χ0) is 16.8. The molecule has 1 aromatic heterocycles. The van der Waals surface area contributed by atoms with Crippen molar-refractivity contribution < 1.29 is 14.6 Å². The Hall–Kier alpha value is -1.70. The average Bonchev–Trinajstić information content (AvgIpc) is 2.95. The number of pyridine rings is 1. The minimum atomic E-state index is -0.228. The number of amides is 1. The van der Waals surface area contributed by atoms with E-state index in [1.165, 1.54) is 18.3 Å². The topological polar surface area (TPSA) is 85.9 Å². The molecule has 1 aliphatic rings. The van der Waals surface area contributed by atoms with Gasteiger partial charge in [0.15, 0.2) is 0 Å². The summed E-state index contributed by atoms with van der Waals surface area (Å²) in [5.74, 6) is 0.196. The summed E-state index contributed by atoms with van der Waals surface area (Å²) in [5, 5.41) is 9.60. The van der Waals surface area contributed by atoms with Gasteiger partial charge in [-0.3, -0.25) is 9.59 Å². The molecule has 128 valence electrons. The molecule has 0 radical (unpaired) electrons. The zero-order valence-electron chi connectivity index (χ0n) is 13.7. The standard InChI is InChI=1S/C16H25N3O4/c1-18(5-6-23-2)8-13-9-19(10-14(13)11-20)16(22)12-3-4-15(21)17-7-12/h3-4,7,13-14,20H,5-6,8-11H2,1-2H3,(H,17,21)/t13-,14-/m1/s1. The fraction of sp³-hybridized carbons (Fsp3) is 0.625. The SMILES string of the molecule is COCCN(C)C[C@@H]1CN(C(=O)c2ccc(=O)[nH]c2)C[C@@H]1CO. The number of aliphatic hydroxyl groups excluding tert-OH is 1. The van der Waals surface area contributed by atoms with Gasteiger partial charge in [0.1, 0.15) is 0 Å². The van der Waals surface area contributed by atoms with Crippen LogP contribution in [0.25, 0.3) is 0 Å². The first-order chi connectivity index (χ1) is 11.0. The number of likely N-dealkylation sites (N-methyl/N-ethyl adjacent to an activating group) is 1. The lowest BCUT2D eigenvalue weighted by Gasteiger charge is -2.23. The van der Waals surface area contributed by atoms with Gasteiger partial charge in [0.05, 0.1) is 12.2 Å². The first-order valence-electron chi connectivity index (χ1n) is 7.81. The van der Waals surface area contributed by atoms with Crippen molar-refractivity contribution in [2.24, 2.45) is 11.8 Å². The van der Waals surface area contributed by atoms with Crippen molar-refractivity contribution in [3.8, 4) is 0 Å². The second-order valence-electron chi connectivity index (χ2n) is 6.11. The van der Waals surface area contributed by atoms with Crippen LogP contribution in [0.4, 0.5) is 0 Å². The summed E-state index contributed by atoms with van der Waals surface area (Å²) in [5.41, 5.74) is 0.239. The van der Waals surface area contributed by atoms with E-state index in [2.05, 4.69) is 9.88 Å². The van der Waals surface area contributed by atoms with Gasteiger partial charge in [0.25, 0.3) is 5.91 Å². The van der Waals surface area contributed by atoms with Crippen LogP contribution in [0.2, 0.25) is 0 Å². The Labute approximate surface area is 135 Å². The van der Waals surface area contributed by atoms with Crippen LogP contribution >= 0.6 is 0 Å². The quantitative estimate of drug-likeness (QED) is 0.715. The number of carbonyl (C=O) groups is 1. The van der Waals surface area contributed by atoms with Crippen molar-refractivity contribution >= 4 is 5.91 Å². The molecule has 0 aliphatic carbocycles. The predicted octanol–water partition coefficient (Wildman–Crippen LogP) is -0.366. The van der Waals surface area contributed by atoms with Crippen LogP contribution in [0.1, 0.15) is 10.4 Å². The Kier molecular flexibility index (Phi) is 6.32. The lowest BCUT2D eigenvalue weighted by molar-refractivity contribution is 0.0778.